The highest BCUT2D eigenvalue weighted by Crippen LogP contribution is 2.15. The Labute approximate surface area is 138 Å². The van der Waals surface area contributed by atoms with Crippen LogP contribution >= 0.6 is 0 Å². The highest BCUT2D eigenvalue weighted by molar-refractivity contribution is 6.03. The first-order chi connectivity index (χ1) is 11.5. The van der Waals surface area contributed by atoms with Gasteiger partial charge in [0.05, 0.1) is 11.4 Å². The summed E-state index contributed by atoms with van der Waals surface area (Å²) in [7, 11) is 0. The highest BCUT2D eigenvalue weighted by Gasteiger charge is 2.15. The molecule has 1 aromatic heterocycles. The molecule has 0 aliphatic carbocycles. The van der Waals surface area contributed by atoms with Crippen LogP contribution in [-0.2, 0) is 0 Å². The number of nitrogens with one attached hydrogen (secondary N) is 1. The van der Waals surface area contributed by atoms with E-state index in [1.807, 2.05) is 37.3 Å². The third kappa shape index (κ3) is 3.17. The molecule has 0 unspecified atom stereocenters. The van der Waals surface area contributed by atoms with Crippen molar-refractivity contribution in [3.63, 3.8) is 0 Å². The van der Waals surface area contributed by atoms with Gasteiger partial charge in [-0.15, -0.1) is 0 Å². The van der Waals surface area contributed by atoms with Crippen LogP contribution in [0.2, 0.25) is 0 Å². The van der Waals surface area contributed by atoms with Crippen LogP contribution in [0.3, 0.4) is 0 Å². The van der Waals surface area contributed by atoms with Crippen LogP contribution in [0.4, 0.5) is 5.69 Å². The molecule has 2 amide bonds. The number of amides is 2. The lowest BCUT2D eigenvalue weighted by Crippen LogP contribution is -2.17. The minimum atomic E-state index is -0.509. The molecule has 6 nitrogen and oxygen atoms in total. The van der Waals surface area contributed by atoms with Crippen molar-refractivity contribution in [3.05, 3.63) is 77.6 Å². The predicted molar refractivity (Wildman–Crippen MR) is 91.2 cm³/mol. The highest BCUT2D eigenvalue weighted by atomic mass is 16.2. The molecule has 0 bridgehead atoms. The zero-order valence-corrected chi connectivity index (χ0v) is 13.1. The number of hydrogen-bond acceptors (Lipinski definition) is 3. The van der Waals surface area contributed by atoms with E-state index in [-0.39, 0.29) is 5.91 Å². The summed E-state index contributed by atoms with van der Waals surface area (Å²) in [5.41, 5.74) is 8.14. The van der Waals surface area contributed by atoms with Gasteiger partial charge in [-0.2, -0.15) is 5.10 Å². The van der Waals surface area contributed by atoms with Gasteiger partial charge in [0.25, 0.3) is 5.91 Å². The first-order valence-electron chi connectivity index (χ1n) is 7.38. The summed E-state index contributed by atoms with van der Waals surface area (Å²) in [6.45, 7) is 1.83. The molecular weight excluding hydrogens is 304 g/mol. The maximum absolute atomic E-state index is 12.6. The van der Waals surface area contributed by atoms with E-state index in [9.17, 15) is 9.59 Å². The molecule has 0 radical (unpaired) electrons. The van der Waals surface area contributed by atoms with Crippen LogP contribution < -0.4 is 11.1 Å². The molecule has 0 aliphatic heterocycles. The third-order valence-electron chi connectivity index (χ3n) is 3.49. The molecule has 120 valence electrons. The summed E-state index contributed by atoms with van der Waals surface area (Å²) in [4.78, 5) is 23.7. The Kier molecular flexibility index (Phi) is 4.11. The van der Waals surface area contributed by atoms with Crippen molar-refractivity contribution in [1.29, 1.82) is 0 Å². The van der Waals surface area contributed by atoms with Gasteiger partial charge in [0, 0.05) is 11.3 Å². The van der Waals surface area contributed by atoms with Gasteiger partial charge >= 0.3 is 0 Å². The topological polar surface area (TPSA) is 90.0 Å². The van der Waals surface area contributed by atoms with E-state index < -0.39 is 5.91 Å². The third-order valence-corrected chi connectivity index (χ3v) is 3.49. The lowest BCUT2D eigenvalue weighted by atomic mass is 10.2. The van der Waals surface area contributed by atoms with E-state index in [4.69, 9.17) is 5.73 Å². The molecule has 6 heteroatoms. The van der Waals surface area contributed by atoms with E-state index in [2.05, 4.69) is 10.4 Å². The molecule has 24 heavy (non-hydrogen) atoms. The van der Waals surface area contributed by atoms with E-state index in [1.165, 1.54) is 0 Å². The van der Waals surface area contributed by atoms with E-state index in [0.717, 1.165) is 11.4 Å². The summed E-state index contributed by atoms with van der Waals surface area (Å²) >= 11 is 0. The molecule has 0 saturated heterocycles. The van der Waals surface area contributed by atoms with E-state index in [0.29, 0.717) is 16.9 Å². The number of aromatic nitrogens is 2. The molecule has 2 aromatic carbocycles. The lowest BCUT2D eigenvalue weighted by molar-refractivity contribution is 0.0997. The van der Waals surface area contributed by atoms with Gasteiger partial charge in [-0.25, -0.2) is 4.68 Å². The lowest BCUT2D eigenvalue weighted by Gasteiger charge is -2.08. The minimum absolute atomic E-state index is 0.286. The average Bonchev–Trinajstić information content (AvgIpc) is 2.98. The molecular formula is C18H16N4O2. The van der Waals surface area contributed by atoms with Crippen molar-refractivity contribution in [2.75, 3.05) is 5.32 Å². The summed E-state index contributed by atoms with van der Waals surface area (Å²) in [5.74, 6) is -0.795. The Balaban J connectivity index is 1.87. The van der Waals surface area contributed by atoms with Crippen LogP contribution in [0, 0.1) is 6.92 Å². The molecule has 1 heterocycles. The Morgan fingerprint density at radius 3 is 2.33 bits per heavy atom. The van der Waals surface area contributed by atoms with Gasteiger partial charge < -0.3 is 11.1 Å². The van der Waals surface area contributed by atoms with E-state index in [1.54, 1.807) is 35.0 Å². The molecule has 0 fully saturated rings. The van der Waals surface area contributed by atoms with Crippen molar-refractivity contribution in [2.45, 2.75) is 6.92 Å². The quantitative estimate of drug-likeness (QED) is 0.774. The Morgan fingerprint density at radius 2 is 1.71 bits per heavy atom. The zero-order chi connectivity index (χ0) is 17.1. The largest absolute Gasteiger partial charge is 0.366 e. The number of carbonyl (C=O) groups excluding carboxylic acids is 2. The van der Waals surface area contributed by atoms with Gasteiger partial charge in [-0.05, 0) is 49.4 Å². The number of benzene rings is 2. The second kappa shape index (κ2) is 6.37. The fourth-order valence-electron chi connectivity index (χ4n) is 2.34. The SMILES string of the molecule is Cc1cc(C(=O)Nc2ccc(C(N)=O)cc2)n(-c2ccccc2)n1. The zero-order valence-electron chi connectivity index (χ0n) is 13.1. The van der Waals surface area contributed by atoms with Crippen LogP contribution in [0.15, 0.2) is 60.7 Å². The summed E-state index contributed by atoms with van der Waals surface area (Å²) in [6, 6.07) is 17.6. The van der Waals surface area contributed by atoms with E-state index >= 15 is 0 Å². The average molecular weight is 320 g/mol. The molecule has 3 N–H and O–H groups in total. The van der Waals surface area contributed by atoms with Crippen molar-refractivity contribution < 1.29 is 9.59 Å². The number of primary amides is 1. The van der Waals surface area contributed by atoms with Crippen LogP contribution in [-0.4, -0.2) is 21.6 Å². The second-order valence-corrected chi connectivity index (χ2v) is 5.31. The van der Waals surface area contributed by atoms with Gasteiger partial charge in [0.2, 0.25) is 5.91 Å². The van der Waals surface area contributed by atoms with Gasteiger partial charge in [0.15, 0.2) is 0 Å². The Bertz CT molecular complexity index is 883. The first-order valence-corrected chi connectivity index (χ1v) is 7.38. The number of nitrogens with two attached hydrogens (primary N) is 1. The number of para-hydroxylation sites is 1. The maximum Gasteiger partial charge on any atom is 0.274 e. The molecule has 3 rings (SSSR count). The monoisotopic (exact) mass is 320 g/mol. The smallest absolute Gasteiger partial charge is 0.274 e. The normalized spacial score (nSPS) is 10.4. The van der Waals surface area contributed by atoms with Crippen molar-refractivity contribution in [3.8, 4) is 5.69 Å². The summed E-state index contributed by atoms with van der Waals surface area (Å²) < 4.78 is 1.60. The van der Waals surface area contributed by atoms with Crippen molar-refractivity contribution in [2.24, 2.45) is 5.73 Å². The van der Waals surface area contributed by atoms with Gasteiger partial charge in [-0.3, -0.25) is 9.59 Å². The number of hydrogen-bond donors (Lipinski definition) is 2. The fraction of sp³-hybridized carbons (Fsp3) is 0.0556. The number of aryl methyl sites for hydroxylation is 1. The predicted octanol–water partition coefficient (Wildman–Crippen LogP) is 2.53. The number of nitrogens with zero attached hydrogens (tertiary/aromatic N) is 2. The number of carbonyl (C=O) groups is 2. The van der Waals surface area contributed by atoms with Crippen LogP contribution in [0.1, 0.15) is 26.5 Å². The van der Waals surface area contributed by atoms with Crippen molar-refractivity contribution in [1.82, 2.24) is 9.78 Å². The molecule has 0 spiro atoms. The summed E-state index contributed by atoms with van der Waals surface area (Å²) in [5, 5.41) is 7.17. The second-order valence-electron chi connectivity index (χ2n) is 5.31. The van der Waals surface area contributed by atoms with Crippen molar-refractivity contribution >= 4 is 17.5 Å². The summed E-state index contributed by atoms with van der Waals surface area (Å²) in [6.07, 6.45) is 0. The van der Waals surface area contributed by atoms with Gasteiger partial charge in [-0.1, -0.05) is 18.2 Å². The molecule has 0 saturated carbocycles. The fourth-order valence-corrected chi connectivity index (χ4v) is 2.34. The standard InChI is InChI=1S/C18H16N4O2/c1-12-11-16(22(21-12)15-5-3-2-4-6-15)18(24)20-14-9-7-13(8-10-14)17(19)23/h2-11H,1H3,(H2,19,23)(H,20,24). The Morgan fingerprint density at radius 1 is 1.04 bits per heavy atom. The first kappa shape index (κ1) is 15.5. The Hall–Kier alpha value is -3.41. The number of anilines is 1. The molecule has 3 aromatic rings. The molecule has 0 aliphatic rings. The molecule has 0 atom stereocenters. The van der Waals surface area contributed by atoms with Crippen LogP contribution in [0.5, 0.6) is 0 Å². The van der Waals surface area contributed by atoms with Crippen LogP contribution in [0.25, 0.3) is 5.69 Å². The minimum Gasteiger partial charge on any atom is -0.366 e. The number of rotatable bonds is 4. The van der Waals surface area contributed by atoms with Gasteiger partial charge in [0.1, 0.15) is 5.69 Å². The maximum atomic E-state index is 12.6.